The Bertz CT molecular complexity index is 1350. The molecule has 1 saturated carbocycles. The van der Waals surface area contributed by atoms with Gasteiger partial charge in [-0.05, 0) is 68.5 Å². The first kappa shape index (κ1) is 26.0. The molecule has 6 nitrogen and oxygen atoms in total. The Hall–Kier alpha value is -2.06. The number of benzene rings is 2. The third-order valence-electron chi connectivity index (χ3n) is 5.86. The summed E-state index contributed by atoms with van der Waals surface area (Å²) in [5.74, 6) is -0.0214. The van der Waals surface area contributed by atoms with Crippen LogP contribution in [-0.2, 0) is 22.1 Å². The molecular formula is C25H26Cl3N3O3S. The fourth-order valence-corrected chi connectivity index (χ4v) is 6.34. The van der Waals surface area contributed by atoms with Gasteiger partial charge in [-0.15, -0.1) is 0 Å². The Labute approximate surface area is 220 Å². The number of hydrogen-bond acceptors (Lipinski definition) is 4. The minimum Gasteiger partial charge on any atom is -0.332 e. The fraction of sp³-hybridized carbons (Fsp3) is 0.360. The van der Waals surface area contributed by atoms with Gasteiger partial charge in [-0.1, -0.05) is 46.9 Å². The molecule has 186 valence electrons. The molecular weight excluding hydrogens is 529 g/mol. The number of hydrogen-bond donors (Lipinski definition) is 0. The van der Waals surface area contributed by atoms with Gasteiger partial charge in [0.1, 0.15) is 0 Å². The van der Waals surface area contributed by atoms with Gasteiger partial charge < -0.3 is 9.47 Å². The molecule has 3 aromatic rings. The highest BCUT2D eigenvalue weighted by molar-refractivity contribution is 7.90. The zero-order valence-corrected chi connectivity index (χ0v) is 22.5. The van der Waals surface area contributed by atoms with Crippen molar-refractivity contribution in [3.63, 3.8) is 0 Å². The lowest BCUT2D eigenvalue weighted by atomic mass is 10.1. The highest BCUT2D eigenvalue weighted by Gasteiger charge is 2.31. The van der Waals surface area contributed by atoms with Crippen molar-refractivity contribution in [2.45, 2.75) is 50.2 Å². The van der Waals surface area contributed by atoms with Crippen LogP contribution in [0.3, 0.4) is 0 Å². The van der Waals surface area contributed by atoms with Gasteiger partial charge in [-0.2, -0.15) is 0 Å². The van der Waals surface area contributed by atoms with Crippen LogP contribution in [0.4, 0.5) is 0 Å². The lowest BCUT2D eigenvalue weighted by molar-refractivity contribution is 0.0730. The van der Waals surface area contributed by atoms with E-state index >= 15 is 0 Å². The predicted molar refractivity (Wildman–Crippen MR) is 139 cm³/mol. The summed E-state index contributed by atoms with van der Waals surface area (Å²) in [6.45, 7) is 4.57. The molecule has 0 unspecified atom stereocenters. The second-order valence-electron chi connectivity index (χ2n) is 9.14. The number of aromatic nitrogens is 2. The quantitative estimate of drug-likeness (QED) is 0.305. The highest BCUT2D eigenvalue weighted by Crippen LogP contribution is 2.32. The topological polar surface area (TPSA) is 72.3 Å². The van der Waals surface area contributed by atoms with Crippen LogP contribution in [-0.4, -0.2) is 35.3 Å². The van der Waals surface area contributed by atoms with Gasteiger partial charge in [-0.3, -0.25) is 4.79 Å². The Morgan fingerprint density at radius 1 is 1.11 bits per heavy atom. The summed E-state index contributed by atoms with van der Waals surface area (Å²) in [5, 5.41) is 1.18. The summed E-state index contributed by atoms with van der Waals surface area (Å²) in [5.41, 5.74) is 1.59. The number of carbonyl (C=O) groups excluding carboxylic acids is 1. The fourth-order valence-electron chi connectivity index (χ4n) is 4.05. The molecule has 0 radical (unpaired) electrons. The number of rotatable bonds is 9. The summed E-state index contributed by atoms with van der Waals surface area (Å²) in [7, 11) is -3.76. The standard InChI is InChI=1S/C25H26Cl3N3O3S/c1-16(2)31-21(12-29-25(31)35(33,34)15-18-4-3-5-19(26)10-18)14-30(13-17-6-7-17)24(32)22-9-8-20(27)11-23(22)28/h3-5,8-12,16-17H,6-7,13-15H2,1-2H3. The van der Waals surface area contributed by atoms with Crippen LogP contribution in [0.25, 0.3) is 0 Å². The number of nitrogens with zero attached hydrogens (tertiary/aromatic N) is 3. The minimum atomic E-state index is -3.76. The van der Waals surface area contributed by atoms with Gasteiger partial charge in [-0.25, -0.2) is 13.4 Å². The van der Waals surface area contributed by atoms with E-state index in [1.54, 1.807) is 58.1 Å². The van der Waals surface area contributed by atoms with E-state index in [1.165, 1.54) is 0 Å². The van der Waals surface area contributed by atoms with Crippen LogP contribution >= 0.6 is 34.8 Å². The van der Waals surface area contributed by atoms with Gasteiger partial charge >= 0.3 is 0 Å². The second kappa shape index (κ2) is 10.5. The van der Waals surface area contributed by atoms with Crippen molar-refractivity contribution in [1.29, 1.82) is 0 Å². The normalized spacial score (nSPS) is 13.9. The van der Waals surface area contributed by atoms with Crippen LogP contribution in [0.2, 0.25) is 15.1 Å². The first-order chi connectivity index (χ1) is 16.5. The maximum atomic E-state index is 13.4. The number of imidazole rings is 1. The molecule has 10 heteroatoms. The largest absolute Gasteiger partial charge is 0.332 e. The van der Waals surface area contributed by atoms with E-state index in [0.717, 1.165) is 12.8 Å². The maximum Gasteiger partial charge on any atom is 0.255 e. The Balaban J connectivity index is 1.66. The summed E-state index contributed by atoms with van der Waals surface area (Å²) in [6.07, 6.45) is 3.66. The molecule has 0 atom stereocenters. The SMILES string of the molecule is CC(C)n1c(CN(CC2CC2)C(=O)c2ccc(Cl)cc2Cl)cnc1S(=O)(=O)Cc1cccc(Cl)c1. The van der Waals surface area contributed by atoms with Crippen LogP contribution in [0, 0.1) is 5.92 Å². The smallest absolute Gasteiger partial charge is 0.255 e. The van der Waals surface area contributed by atoms with Gasteiger partial charge in [0.25, 0.3) is 5.91 Å². The Morgan fingerprint density at radius 2 is 1.83 bits per heavy atom. The van der Waals surface area contributed by atoms with Crippen molar-refractivity contribution in [3.8, 4) is 0 Å². The highest BCUT2D eigenvalue weighted by atomic mass is 35.5. The average molecular weight is 555 g/mol. The molecule has 1 aliphatic rings. The molecule has 0 saturated heterocycles. The van der Waals surface area contributed by atoms with E-state index in [-0.39, 0.29) is 34.4 Å². The van der Waals surface area contributed by atoms with E-state index in [1.807, 2.05) is 13.8 Å². The van der Waals surface area contributed by atoms with E-state index in [4.69, 9.17) is 34.8 Å². The van der Waals surface area contributed by atoms with Crippen LogP contribution in [0.5, 0.6) is 0 Å². The van der Waals surface area contributed by atoms with E-state index in [0.29, 0.717) is 39.3 Å². The van der Waals surface area contributed by atoms with E-state index in [9.17, 15) is 13.2 Å². The Morgan fingerprint density at radius 3 is 2.46 bits per heavy atom. The second-order valence-corrected chi connectivity index (χ2v) is 12.3. The maximum absolute atomic E-state index is 13.4. The van der Waals surface area contributed by atoms with Crippen LogP contribution < -0.4 is 0 Å². The first-order valence-electron chi connectivity index (χ1n) is 11.3. The molecule has 1 fully saturated rings. The van der Waals surface area contributed by atoms with Crippen LogP contribution in [0.1, 0.15) is 54.3 Å². The third kappa shape index (κ3) is 6.20. The predicted octanol–water partition coefficient (Wildman–Crippen LogP) is 6.45. The van der Waals surface area contributed by atoms with E-state index in [2.05, 4.69) is 4.98 Å². The van der Waals surface area contributed by atoms with Crippen molar-refractivity contribution >= 4 is 50.5 Å². The van der Waals surface area contributed by atoms with Gasteiger partial charge in [0.05, 0.1) is 34.8 Å². The average Bonchev–Trinajstić information content (AvgIpc) is 3.47. The third-order valence-corrected chi connectivity index (χ3v) is 8.21. The van der Waals surface area contributed by atoms with Gasteiger partial charge in [0.2, 0.25) is 15.0 Å². The number of amides is 1. The molecule has 0 N–H and O–H groups in total. The lowest BCUT2D eigenvalue weighted by Crippen LogP contribution is -2.33. The molecule has 1 aromatic heterocycles. The number of sulfone groups is 1. The molecule has 1 amide bonds. The van der Waals surface area contributed by atoms with Crippen LogP contribution in [0.15, 0.2) is 53.8 Å². The molecule has 4 rings (SSSR count). The zero-order valence-electron chi connectivity index (χ0n) is 19.4. The van der Waals surface area contributed by atoms with Crippen molar-refractivity contribution in [2.75, 3.05) is 6.54 Å². The molecule has 2 aromatic carbocycles. The summed E-state index contributed by atoms with van der Waals surface area (Å²) < 4.78 is 28.3. The minimum absolute atomic E-state index is 0.0224. The molecule has 0 aliphatic heterocycles. The molecule has 1 heterocycles. The molecule has 0 bridgehead atoms. The molecule has 0 spiro atoms. The van der Waals surface area contributed by atoms with E-state index < -0.39 is 9.84 Å². The van der Waals surface area contributed by atoms with Gasteiger partial charge in [0.15, 0.2) is 0 Å². The monoisotopic (exact) mass is 553 g/mol. The number of halogens is 3. The van der Waals surface area contributed by atoms with Crippen molar-refractivity contribution in [3.05, 3.63) is 80.6 Å². The van der Waals surface area contributed by atoms with Crippen molar-refractivity contribution in [1.82, 2.24) is 14.5 Å². The summed E-state index contributed by atoms with van der Waals surface area (Å²) in [4.78, 5) is 19.5. The van der Waals surface area contributed by atoms with Gasteiger partial charge in [0, 0.05) is 22.6 Å². The number of carbonyl (C=O) groups is 1. The summed E-state index contributed by atoms with van der Waals surface area (Å²) in [6, 6.07) is 11.4. The first-order valence-corrected chi connectivity index (χ1v) is 14.1. The van der Waals surface area contributed by atoms with Crippen molar-refractivity contribution < 1.29 is 13.2 Å². The zero-order chi connectivity index (χ0) is 25.3. The molecule has 35 heavy (non-hydrogen) atoms. The summed E-state index contributed by atoms with van der Waals surface area (Å²) >= 11 is 18.4. The Kier molecular flexibility index (Phi) is 7.81. The lowest BCUT2D eigenvalue weighted by Gasteiger charge is -2.25. The van der Waals surface area contributed by atoms with Crippen molar-refractivity contribution in [2.24, 2.45) is 5.92 Å². The molecule has 1 aliphatic carbocycles.